The van der Waals surface area contributed by atoms with Gasteiger partial charge in [-0.2, -0.15) is 11.3 Å². The van der Waals surface area contributed by atoms with Crippen molar-refractivity contribution in [2.45, 2.75) is 13.0 Å². The van der Waals surface area contributed by atoms with Crippen molar-refractivity contribution in [2.75, 3.05) is 20.8 Å². The van der Waals surface area contributed by atoms with Gasteiger partial charge in [0.1, 0.15) is 0 Å². The van der Waals surface area contributed by atoms with Gasteiger partial charge in [0.15, 0.2) is 11.5 Å². The van der Waals surface area contributed by atoms with E-state index in [1.54, 1.807) is 18.4 Å². The second-order valence-corrected chi connectivity index (χ2v) is 4.99. The summed E-state index contributed by atoms with van der Waals surface area (Å²) in [5, 5.41) is 7.39. The van der Waals surface area contributed by atoms with Gasteiger partial charge < -0.3 is 14.8 Å². The zero-order chi connectivity index (χ0) is 13.5. The molecule has 0 unspecified atom stereocenters. The van der Waals surface area contributed by atoms with Gasteiger partial charge in [-0.25, -0.2) is 0 Å². The van der Waals surface area contributed by atoms with Crippen LogP contribution in [0.25, 0.3) is 0 Å². The molecule has 0 aliphatic carbocycles. The third kappa shape index (κ3) is 3.72. The van der Waals surface area contributed by atoms with Gasteiger partial charge in [-0.1, -0.05) is 12.1 Å². The molecule has 0 aliphatic rings. The van der Waals surface area contributed by atoms with Crippen LogP contribution in [0.5, 0.6) is 11.5 Å². The van der Waals surface area contributed by atoms with E-state index in [0.717, 1.165) is 30.0 Å². The number of hydrogen-bond donors (Lipinski definition) is 1. The van der Waals surface area contributed by atoms with E-state index in [2.05, 4.69) is 28.2 Å². The number of ether oxygens (including phenoxy) is 2. The van der Waals surface area contributed by atoms with Gasteiger partial charge in [-0.3, -0.25) is 0 Å². The van der Waals surface area contributed by atoms with E-state index >= 15 is 0 Å². The summed E-state index contributed by atoms with van der Waals surface area (Å²) in [5.74, 6) is 1.63. The van der Waals surface area contributed by atoms with Gasteiger partial charge >= 0.3 is 0 Å². The topological polar surface area (TPSA) is 30.5 Å². The number of thiophene rings is 1. The highest BCUT2D eigenvalue weighted by Gasteiger charge is 2.09. The number of hydrogen-bond acceptors (Lipinski definition) is 4. The normalized spacial score (nSPS) is 10.4. The first-order chi connectivity index (χ1) is 9.35. The van der Waals surface area contributed by atoms with Crippen LogP contribution < -0.4 is 14.8 Å². The minimum atomic E-state index is 0.661. The predicted octanol–water partition coefficient (Wildman–Crippen LogP) is 3.10. The first-order valence-corrected chi connectivity index (χ1v) is 7.23. The van der Waals surface area contributed by atoms with E-state index in [4.69, 9.17) is 9.47 Å². The summed E-state index contributed by atoms with van der Waals surface area (Å²) in [7, 11) is 3.60. The molecule has 0 amide bonds. The molecule has 0 saturated carbocycles. The van der Waals surface area contributed by atoms with Gasteiger partial charge in [-0.05, 0) is 35.5 Å². The quantitative estimate of drug-likeness (QED) is 0.843. The average molecular weight is 277 g/mol. The monoisotopic (exact) mass is 277 g/mol. The van der Waals surface area contributed by atoms with Gasteiger partial charge in [0.2, 0.25) is 0 Å². The van der Waals surface area contributed by atoms with Crippen LogP contribution in [-0.2, 0) is 13.0 Å². The van der Waals surface area contributed by atoms with Crippen LogP contribution in [0.3, 0.4) is 0 Å². The molecule has 0 atom stereocenters. The highest BCUT2D eigenvalue weighted by molar-refractivity contribution is 7.07. The average Bonchev–Trinajstić information content (AvgIpc) is 2.93. The largest absolute Gasteiger partial charge is 0.493 e. The van der Waals surface area contributed by atoms with Gasteiger partial charge in [0, 0.05) is 18.5 Å². The SMILES string of the molecule is CNCc1cccc(OC)c1OCCc1ccsc1. The minimum absolute atomic E-state index is 0.661. The summed E-state index contributed by atoms with van der Waals surface area (Å²) < 4.78 is 11.3. The zero-order valence-electron chi connectivity index (χ0n) is 11.3. The predicted molar refractivity (Wildman–Crippen MR) is 79.3 cm³/mol. The third-order valence-electron chi connectivity index (χ3n) is 2.86. The molecule has 0 bridgehead atoms. The Kier molecular flexibility index (Phi) is 5.24. The molecule has 2 aromatic rings. The fourth-order valence-electron chi connectivity index (χ4n) is 1.92. The lowest BCUT2D eigenvalue weighted by molar-refractivity contribution is 0.294. The second-order valence-electron chi connectivity index (χ2n) is 4.21. The molecule has 1 aromatic heterocycles. The van der Waals surface area contributed by atoms with Gasteiger partial charge in [0.05, 0.1) is 13.7 Å². The minimum Gasteiger partial charge on any atom is -0.493 e. The Hall–Kier alpha value is -1.52. The highest BCUT2D eigenvalue weighted by atomic mass is 32.1. The lowest BCUT2D eigenvalue weighted by Crippen LogP contribution is -2.09. The Labute approximate surface area is 118 Å². The van der Waals surface area contributed by atoms with Crippen LogP contribution in [0.4, 0.5) is 0 Å². The molecule has 2 rings (SSSR count). The maximum absolute atomic E-state index is 5.92. The van der Waals surface area contributed by atoms with Gasteiger partial charge in [0.25, 0.3) is 0 Å². The van der Waals surface area contributed by atoms with Crippen molar-refractivity contribution in [1.29, 1.82) is 0 Å². The summed E-state index contributed by atoms with van der Waals surface area (Å²) in [5.41, 5.74) is 2.43. The molecule has 4 heteroatoms. The van der Waals surface area contributed by atoms with Crippen molar-refractivity contribution in [3.8, 4) is 11.5 Å². The van der Waals surface area contributed by atoms with Crippen LogP contribution in [0.2, 0.25) is 0 Å². The standard InChI is InChI=1S/C15H19NO2S/c1-16-10-13-4-3-5-14(17-2)15(13)18-8-6-12-7-9-19-11-12/h3-5,7,9,11,16H,6,8,10H2,1-2H3. The molecule has 1 aromatic carbocycles. The van der Waals surface area contributed by atoms with Crippen molar-refractivity contribution in [3.63, 3.8) is 0 Å². The van der Waals surface area contributed by atoms with Crippen molar-refractivity contribution in [3.05, 3.63) is 46.2 Å². The number of para-hydroxylation sites is 1. The van der Waals surface area contributed by atoms with E-state index in [1.165, 1.54) is 5.56 Å². The molecule has 102 valence electrons. The summed E-state index contributed by atoms with van der Waals surface area (Å²) in [6.45, 7) is 1.43. The number of methoxy groups -OCH3 is 1. The van der Waals surface area contributed by atoms with E-state index in [9.17, 15) is 0 Å². The van der Waals surface area contributed by atoms with E-state index in [1.807, 2.05) is 19.2 Å². The third-order valence-corrected chi connectivity index (χ3v) is 3.60. The summed E-state index contributed by atoms with van der Waals surface area (Å²) in [6, 6.07) is 8.10. The zero-order valence-corrected chi connectivity index (χ0v) is 12.1. The Morgan fingerprint density at radius 2 is 2.16 bits per heavy atom. The lowest BCUT2D eigenvalue weighted by Gasteiger charge is -2.14. The molecule has 0 spiro atoms. The molecule has 0 saturated heterocycles. The Balaban J connectivity index is 2.04. The molecule has 1 N–H and O–H groups in total. The Morgan fingerprint density at radius 1 is 1.26 bits per heavy atom. The summed E-state index contributed by atoms with van der Waals surface area (Å²) in [4.78, 5) is 0. The number of nitrogens with one attached hydrogen (secondary N) is 1. The van der Waals surface area contributed by atoms with E-state index < -0.39 is 0 Å². The molecule has 19 heavy (non-hydrogen) atoms. The van der Waals surface area contributed by atoms with Crippen LogP contribution in [0.1, 0.15) is 11.1 Å². The highest BCUT2D eigenvalue weighted by Crippen LogP contribution is 2.31. The maximum Gasteiger partial charge on any atom is 0.165 e. The number of rotatable bonds is 7. The Bertz CT molecular complexity index is 497. The molecular weight excluding hydrogens is 258 g/mol. The van der Waals surface area contributed by atoms with Crippen LogP contribution in [-0.4, -0.2) is 20.8 Å². The van der Waals surface area contributed by atoms with Crippen molar-refractivity contribution < 1.29 is 9.47 Å². The van der Waals surface area contributed by atoms with Crippen LogP contribution in [0.15, 0.2) is 35.0 Å². The molecule has 0 aliphatic heterocycles. The van der Waals surface area contributed by atoms with E-state index in [0.29, 0.717) is 6.61 Å². The van der Waals surface area contributed by atoms with Gasteiger partial charge in [-0.15, -0.1) is 0 Å². The summed E-state index contributed by atoms with van der Waals surface area (Å²) >= 11 is 1.71. The first-order valence-electron chi connectivity index (χ1n) is 6.29. The van der Waals surface area contributed by atoms with E-state index in [-0.39, 0.29) is 0 Å². The molecule has 0 radical (unpaired) electrons. The lowest BCUT2D eigenvalue weighted by atomic mass is 10.2. The van der Waals surface area contributed by atoms with Crippen LogP contribution >= 0.6 is 11.3 Å². The van der Waals surface area contributed by atoms with Crippen molar-refractivity contribution in [2.24, 2.45) is 0 Å². The van der Waals surface area contributed by atoms with Crippen molar-refractivity contribution in [1.82, 2.24) is 5.32 Å². The molecule has 3 nitrogen and oxygen atoms in total. The molecular formula is C15H19NO2S. The second kappa shape index (κ2) is 7.16. The fraction of sp³-hybridized carbons (Fsp3) is 0.333. The fourth-order valence-corrected chi connectivity index (χ4v) is 2.62. The molecule has 1 heterocycles. The van der Waals surface area contributed by atoms with Crippen LogP contribution in [0, 0.1) is 0 Å². The molecule has 0 fully saturated rings. The number of benzene rings is 1. The van der Waals surface area contributed by atoms with Crippen molar-refractivity contribution >= 4 is 11.3 Å². The summed E-state index contributed by atoms with van der Waals surface area (Å²) in [6.07, 6.45) is 0.917. The smallest absolute Gasteiger partial charge is 0.165 e. The maximum atomic E-state index is 5.92. The first kappa shape index (κ1) is 13.9. The Morgan fingerprint density at radius 3 is 2.84 bits per heavy atom.